The summed E-state index contributed by atoms with van der Waals surface area (Å²) in [6.07, 6.45) is 0.614. The second-order valence-electron chi connectivity index (χ2n) is 8.12. The molecule has 0 aliphatic rings. The van der Waals surface area contributed by atoms with E-state index in [9.17, 15) is 13.2 Å². The fraction of sp³-hybridized carbons (Fsp3) is 0.296. The van der Waals surface area contributed by atoms with Crippen molar-refractivity contribution in [2.24, 2.45) is 0 Å². The van der Waals surface area contributed by atoms with Crippen LogP contribution >= 0.6 is 0 Å². The number of hydrogen-bond donors (Lipinski definition) is 1. The summed E-state index contributed by atoms with van der Waals surface area (Å²) in [5.41, 5.74) is 2.95. The minimum Gasteiger partial charge on any atom is -0.493 e. The van der Waals surface area contributed by atoms with E-state index in [-0.39, 0.29) is 18.0 Å². The lowest BCUT2D eigenvalue weighted by Crippen LogP contribution is -2.41. The maximum absolute atomic E-state index is 13.7. The third-order valence-corrected chi connectivity index (χ3v) is 7.53. The monoisotopic (exact) mass is 512 g/mol. The molecule has 36 heavy (non-hydrogen) atoms. The lowest BCUT2D eigenvalue weighted by atomic mass is 10.1. The van der Waals surface area contributed by atoms with Crippen molar-refractivity contribution >= 4 is 21.6 Å². The molecule has 192 valence electrons. The van der Waals surface area contributed by atoms with Crippen LogP contribution in [0.1, 0.15) is 23.6 Å². The second kappa shape index (κ2) is 11.8. The number of methoxy groups -OCH3 is 3. The van der Waals surface area contributed by atoms with Crippen molar-refractivity contribution < 1.29 is 27.4 Å². The van der Waals surface area contributed by atoms with Gasteiger partial charge in [0.1, 0.15) is 6.54 Å². The maximum atomic E-state index is 13.7. The zero-order valence-corrected chi connectivity index (χ0v) is 22.0. The number of hydrogen-bond acceptors (Lipinski definition) is 6. The summed E-state index contributed by atoms with van der Waals surface area (Å²) in [5, 5.41) is 2.81. The number of carbonyl (C=O) groups is 1. The van der Waals surface area contributed by atoms with Crippen molar-refractivity contribution in [3.8, 4) is 17.2 Å². The highest BCUT2D eigenvalue weighted by molar-refractivity contribution is 7.92. The Kier molecular flexibility index (Phi) is 8.82. The number of carbonyl (C=O) groups excluding carboxylic acids is 1. The van der Waals surface area contributed by atoms with Gasteiger partial charge in [-0.25, -0.2) is 8.42 Å². The topological polar surface area (TPSA) is 94.2 Å². The first-order chi connectivity index (χ1) is 17.2. The van der Waals surface area contributed by atoms with E-state index in [0.29, 0.717) is 34.9 Å². The Balaban J connectivity index is 1.89. The van der Waals surface area contributed by atoms with E-state index >= 15 is 0 Å². The molecule has 0 saturated heterocycles. The lowest BCUT2D eigenvalue weighted by molar-refractivity contribution is -0.119. The summed E-state index contributed by atoms with van der Waals surface area (Å²) in [6, 6.07) is 17.2. The van der Waals surface area contributed by atoms with Crippen LogP contribution in [0.25, 0.3) is 0 Å². The van der Waals surface area contributed by atoms with Crippen LogP contribution in [-0.2, 0) is 27.8 Å². The number of ether oxygens (including phenoxy) is 3. The SMILES string of the molecule is CCc1ccccc1N(CC(=O)NCc1cc(OC)c(OC)c(OC)c1)S(=O)(=O)c1ccc(C)cc1. The Labute approximate surface area is 212 Å². The van der Waals surface area contributed by atoms with Gasteiger partial charge in [0.25, 0.3) is 10.0 Å². The number of para-hydroxylation sites is 1. The number of sulfonamides is 1. The van der Waals surface area contributed by atoms with Crippen LogP contribution in [0.5, 0.6) is 17.2 Å². The van der Waals surface area contributed by atoms with Gasteiger partial charge in [-0.1, -0.05) is 42.8 Å². The van der Waals surface area contributed by atoms with Crippen molar-refractivity contribution in [2.75, 3.05) is 32.2 Å². The Bertz CT molecular complexity index is 1280. The molecule has 0 atom stereocenters. The van der Waals surface area contributed by atoms with E-state index < -0.39 is 15.9 Å². The molecular weight excluding hydrogens is 480 g/mol. The molecule has 0 saturated carbocycles. The number of benzene rings is 3. The van der Waals surface area contributed by atoms with Gasteiger partial charge in [0.2, 0.25) is 11.7 Å². The summed E-state index contributed by atoms with van der Waals surface area (Å²) in [5.74, 6) is 0.912. The highest BCUT2D eigenvalue weighted by Crippen LogP contribution is 2.38. The number of rotatable bonds is 11. The number of amides is 1. The summed E-state index contributed by atoms with van der Waals surface area (Å²) in [6.45, 7) is 3.60. The van der Waals surface area contributed by atoms with Crippen LogP contribution in [0.2, 0.25) is 0 Å². The van der Waals surface area contributed by atoms with Crippen LogP contribution < -0.4 is 23.8 Å². The normalized spacial score (nSPS) is 11.0. The van der Waals surface area contributed by atoms with E-state index in [4.69, 9.17) is 14.2 Å². The standard InChI is InChI=1S/C27H32N2O6S/c1-6-21-9-7-8-10-23(21)29(36(31,32)22-13-11-19(2)12-14-22)18-26(30)28-17-20-15-24(33-3)27(35-5)25(16-20)34-4/h7-16H,6,17-18H2,1-5H3,(H,28,30). The zero-order valence-electron chi connectivity index (χ0n) is 21.2. The lowest BCUT2D eigenvalue weighted by Gasteiger charge is -2.26. The van der Waals surface area contributed by atoms with E-state index in [1.807, 2.05) is 26.0 Å². The minimum atomic E-state index is -4.00. The smallest absolute Gasteiger partial charge is 0.264 e. The molecular formula is C27H32N2O6S. The van der Waals surface area contributed by atoms with E-state index in [0.717, 1.165) is 11.1 Å². The van der Waals surface area contributed by atoms with E-state index in [1.165, 1.54) is 25.6 Å². The predicted molar refractivity (Wildman–Crippen MR) is 139 cm³/mol. The van der Waals surface area contributed by atoms with E-state index in [1.54, 1.807) is 48.5 Å². The summed E-state index contributed by atoms with van der Waals surface area (Å²) < 4.78 is 44.6. The van der Waals surface area contributed by atoms with Crippen LogP contribution in [-0.4, -0.2) is 42.2 Å². The first-order valence-electron chi connectivity index (χ1n) is 11.5. The summed E-state index contributed by atoms with van der Waals surface area (Å²) >= 11 is 0. The average Bonchev–Trinajstić information content (AvgIpc) is 2.89. The van der Waals surface area contributed by atoms with Crippen LogP contribution in [0.4, 0.5) is 5.69 Å². The molecule has 0 fully saturated rings. The fourth-order valence-corrected chi connectivity index (χ4v) is 5.27. The van der Waals surface area contributed by atoms with Gasteiger partial charge in [0, 0.05) is 6.54 Å². The molecule has 3 rings (SSSR count). The maximum Gasteiger partial charge on any atom is 0.264 e. The summed E-state index contributed by atoms with van der Waals surface area (Å²) in [4.78, 5) is 13.2. The van der Waals surface area contributed by atoms with Gasteiger partial charge in [0.15, 0.2) is 11.5 Å². The fourth-order valence-electron chi connectivity index (χ4n) is 3.81. The molecule has 0 heterocycles. The predicted octanol–water partition coefficient (Wildman–Crippen LogP) is 4.09. The molecule has 9 heteroatoms. The molecule has 0 radical (unpaired) electrons. The first kappa shape index (κ1) is 26.9. The summed E-state index contributed by atoms with van der Waals surface area (Å²) in [7, 11) is 0.542. The van der Waals surface area contributed by atoms with Crippen molar-refractivity contribution in [3.63, 3.8) is 0 Å². The Morgan fingerprint density at radius 1 is 0.917 bits per heavy atom. The van der Waals surface area contributed by atoms with Gasteiger partial charge in [-0.3, -0.25) is 9.10 Å². The molecule has 0 unspecified atom stereocenters. The molecule has 0 aromatic heterocycles. The van der Waals surface area contributed by atoms with Crippen molar-refractivity contribution in [1.82, 2.24) is 5.32 Å². The Morgan fingerprint density at radius 2 is 1.53 bits per heavy atom. The molecule has 1 amide bonds. The van der Waals surface area contributed by atoms with Crippen LogP contribution in [0, 0.1) is 6.92 Å². The highest BCUT2D eigenvalue weighted by Gasteiger charge is 2.28. The molecule has 1 N–H and O–H groups in total. The van der Waals surface area contributed by atoms with Crippen molar-refractivity contribution in [2.45, 2.75) is 31.7 Å². The second-order valence-corrected chi connectivity index (χ2v) is 9.98. The van der Waals surface area contributed by atoms with E-state index in [2.05, 4.69) is 5.32 Å². The third-order valence-electron chi connectivity index (χ3n) is 5.75. The first-order valence-corrected chi connectivity index (χ1v) is 12.9. The molecule has 3 aromatic carbocycles. The highest BCUT2D eigenvalue weighted by atomic mass is 32.2. The minimum absolute atomic E-state index is 0.122. The molecule has 0 aliphatic heterocycles. The zero-order chi connectivity index (χ0) is 26.3. The number of anilines is 1. The Hall–Kier alpha value is -3.72. The molecule has 0 spiro atoms. The van der Waals surface area contributed by atoms with Gasteiger partial charge >= 0.3 is 0 Å². The molecule has 0 aliphatic carbocycles. The molecule has 8 nitrogen and oxygen atoms in total. The van der Waals surface area contributed by atoms with Crippen LogP contribution in [0.15, 0.2) is 65.6 Å². The van der Waals surface area contributed by atoms with Crippen LogP contribution in [0.3, 0.4) is 0 Å². The quantitative estimate of drug-likeness (QED) is 0.416. The average molecular weight is 513 g/mol. The molecule has 3 aromatic rings. The van der Waals surface area contributed by atoms with Crippen molar-refractivity contribution in [1.29, 1.82) is 0 Å². The largest absolute Gasteiger partial charge is 0.493 e. The number of nitrogens with one attached hydrogen (secondary N) is 1. The molecule has 0 bridgehead atoms. The number of nitrogens with zero attached hydrogens (tertiary/aromatic N) is 1. The van der Waals surface area contributed by atoms with Gasteiger partial charge in [-0.15, -0.1) is 0 Å². The third kappa shape index (κ3) is 5.91. The van der Waals surface area contributed by atoms with Gasteiger partial charge in [-0.2, -0.15) is 0 Å². The Morgan fingerprint density at radius 3 is 2.08 bits per heavy atom. The van der Waals surface area contributed by atoms with Crippen molar-refractivity contribution in [3.05, 3.63) is 77.4 Å². The van der Waals surface area contributed by atoms with Gasteiger partial charge in [0.05, 0.1) is 31.9 Å². The van der Waals surface area contributed by atoms with Gasteiger partial charge < -0.3 is 19.5 Å². The number of aryl methyl sites for hydroxylation is 2. The van der Waals surface area contributed by atoms with Gasteiger partial charge in [-0.05, 0) is 54.8 Å².